The second-order valence-corrected chi connectivity index (χ2v) is 12.6. The molecule has 0 saturated carbocycles. The average molecular weight is 561 g/mol. The van der Waals surface area contributed by atoms with Gasteiger partial charge in [0.1, 0.15) is 22.3 Å². The number of sulfonamides is 1. The number of nitrogens with zero attached hydrogens (tertiary/aromatic N) is 6. The zero-order valence-electron chi connectivity index (χ0n) is 20.3. The summed E-state index contributed by atoms with van der Waals surface area (Å²) in [7, 11) is -3.78. The molecule has 2 aliphatic heterocycles. The van der Waals surface area contributed by atoms with E-state index in [4.69, 9.17) is 16.6 Å². The van der Waals surface area contributed by atoms with Crippen LogP contribution in [0.4, 0.5) is 0 Å². The predicted molar refractivity (Wildman–Crippen MR) is 148 cm³/mol. The maximum atomic E-state index is 13.9. The Morgan fingerprint density at radius 2 is 1.87 bits per heavy atom. The molecule has 0 bridgehead atoms. The first kappa shape index (κ1) is 23.7. The van der Waals surface area contributed by atoms with Crippen LogP contribution >= 0.6 is 22.9 Å². The second-order valence-electron chi connectivity index (χ2n) is 9.25. The van der Waals surface area contributed by atoms with Crippen LogP contribution in [0.3, 0.4) is 0 Å². The summed E-state index contributed by atoms with van der Waals surface area (Å²) < 4.78 is 31.3. The normalized spacial score (nSPS) is 15.5. The van der Waals surface area contributed by atoms with Gasteiger partial charge in [-0.2, -0.15) is 4.31 Å². The number of para-hydroxylation sites is 1. The van der Waals surface area contributed by atoms with Crippen molar-refractivity contribution in [1.29, 1.82) is 0 Å². The standard InChI is InChI=1S/C27H21ClN6O2S2/c1-16-31-32-23-14-30-26(18-8-2-3-9-20(18)28)24-19-11-13-33(15-21(19)37-27(24)34(16)23)38(35,36)22-10-4-6-17-7-5-12-29-25(17)22/h2-10,12H,11,13-15H2,1H3. The predicted octanol–water partition coefficient (Wildman–Crippen LogP) is 4.94. The number of rotatable bonds is 3. The largest absolute Gasteiger partial charge is 0.276 e. The number of aliphatic imine (C=N–C) groups is 1. The molecule has 0 atom stereocenters. The van der Waals surface area contributed by atoms with Crippen LogP contribution in [-0.2, 0) is 29.5 Å². The summed E-state index contributed by atoms with van der Waals surface area (Å²) in [6.45, 7) is 2.92. The molecule has 0 saturated heterocycles. The minimum absolute atomic E-state index is 0.229. The molecule has 8 nitrogen and oxygen atoms in total. The van der Waals surface area contributed by atoms with Crippen LogP contribution in [0.1, 0.15) is 33.2 Å². The Kier molecular flexibility index (Phi) is 5.48. The highest BCUT2D eigenvalue weighted by Crippen LogP contribution is 2.41. The first-order valence-corrected chi connectivity index (χ1v) is 14.8. The summed E-state index contributed by atoms with van der Waals surface area (Å²) in [5.74, 6) is 1.51. The Morgan fingerprint density at radius 3 is 2.74 bits per heavy atom. The van der Waals surface area contributed by atoms with Crippen molar-refractivity contribution >= 4 is 49.6 Å². The van der Waals surface area contributed by atoms with Crippen molar-refractivity contribution in [1.82, 2.24) is 24.1 Å². The van der Waals surface area contributed by atoms with Gasteiger partial charge in [-0.3, -0.25) is 14.5 Å². The second kappa shape index (κ2) is 8.81. The summed E-state index contributed by atoms with van der Waals surface area (Å²) in [5.41, 5.74) is 4.24. The van der Waals surface area contributed by atoms with Crippen molar-refractivity contribution < 1.29 is 8.42 Å². The van der Waals surface area contributed by atoms with Crippen LogP contribution < -0.4 is 0 Å². The first-order chi connectivity index (χ1) is 18.4. The lowest BCUT2D eigenvalue weighted by Crippen LogP contribution is -2.36. The summed E-state index contributed by atoms with van der Waals surface area (Å²) in [5, 5.41) is 11.0. The van der Waals surface area contributed by atoms with Crippen molar-refractivity contribution in [2.24, 2.45) is 4.99 Å². The van der Waals surface area contributed by atoms with Crippen LogP contribution in [-0.4, -0.2) is 44.7 Å². The first-order valence-electron chi connectivity index (χ1n) is 12.1. The van der Waals surface area contributed by atoms with E-state index in [1.54, 1.807) is 34.0 Å². The van der Waals surface area contributed by atoms with Crippen molar-refractivity contribution in [3.63, 3.8) is 0 Å². The van der Waals surface area contributed by atoms with E-state index in [1.807, 2.05) is 54.0 Å². The van der Waals surface area contributed by atoms with E-state index < -0.39 is 10.0 Å². The molecule has 5 heterocycles. The van der Waals surface area contributed by atoms with Gasteiger partial charge in [0.15, 0.2) is 5.82 Å². The van der Waals surface area contributed by atoms with Crippen molar-refractivity contribution in [3.05, 3.63) is 99.0 Å². The molecule has 0 unspecified atom stereocenters. The summed E-state index contributed by atoms with van der Waals surface area (Å²) >= 11 is 8.21. The third-order valence-electron chi connectivity index (χ3n) is 7.06. The number of aromatic nitrogens is 4. The van der Waals surface area contributed by atoms with Gasteiger partial charge in [-0.15, -0.1) is 21.5 Å². The van der Waals surface area contributed by atoms with Gasteiger partial charge in [0.25, 0.3) is 0 Å². The van der Waals surface area contributed by atoms with Crippen molar-refractivity contribution in [2.75, 3.05) is 6.54 Å². The molecule has 2 aliphatic rings. The average Bonchev–Trinajstić information content (AvgIpc) is 3.43. The molecular formula is C27H21ClN6O2S2. The number of fused-ring (bicyclic) bond motifs is 6. The molecule has 190 valence electrons. The molecule has 3 aromatic heterocycles. The van der Waals surface area contributed by atoms with Gasteiger partial charge in [0.2, 0.25) is 10.0 Å². The number of benzene rings is 2. The molecular weight excluding hydrogens is 540 g/mol. The van der Waals surface area contributed by atoms with E-state index in [0.717, 1.165) is 49.3 Å². The number of aryl methyl sites for hydroxylation is 1. The molecule has 7 rings (SSSR count). The number of hydrogen-bond acceptors (Lipinski definition) is 7. The molecule has 0 radical (unpaired) electrons. The highest BCUT2D eigenvalue weighted by Gasteiger charge is 2.36. The monoisotopic (exact) mass is 560 g/mol. The van der Waals surface area contributed by atoms with Gasteiger partial charge in [0.05, 0.1) is 11.2 Å². The molecule has 0 spiro atoms. The molecule has 0 N–H and O–H groups in total. The highest BCUT2D eigenvalue weighted by molar-refractivity contribution is 7.89. The maximum Gasteiger partial charge on any atom is 0.245 e. The summed E-state index contributed by atoms with van der Waals surface area (Å²) in [6, 6.07) is 16.6. The smallest absolute Gasteiger partial charge is 0.245 e. The van der Waals surface area contributed by atoms with Crippen LogP contribution in [0.2, 0.25) is 5.02 Å². The summed E-state index contributed by atoms with van der Waals surface area (Å²) in [4.78, 5) is 10.6. The maximum absolute atomic E-state index is 13.9. The van der Waals surface area contributed by atoms with E-state index in [9.17, 15) is 8.42 Å². The van der Waals surface area contributed by atoms with Gasteiger partial charge in [-0.1, -0.05) is 48.0 Å². The van der Waals surface area contributed by atoms with E-state index in [0.29, 0.717) is 30.0 Å². The fraction of sp³-hybridized carbons (Fsp3) is 0.185. The zero-order chi connectivity index (χ0) is 26.0. The number of halogens is 1. The zero-order valence-corrected chi connectivity index (χ0v) is 22.7. The molecule has 0 aliphatic carbocycles. The van der Waals surface area contributed by atoms with Gasteiger partial charge < -0.3 is 0 Å². The van der Waals surface area contributed by atoms with E-state index in [2.05, 4.69) is 15.2 Å². The van der Waals surface area contributed by atoms with E-state index in [1.165, 1.54) is 0 Å². The Morgan fingerprint density at radius 1 is 1.03 bits per heavy atom. The topological polar surface area (TPSA) is 93.3 Å². The molecule has 0 fully saturated rings. The Bertz CT molecular complexity index is 1890. The van der Waals surface area contributed by atoms with Crippen LogP contribution in [0.25, 0.3) is 15.9 Å². The Balaban J connectivity index is 1.37. The Labute approximate surface area is 228 Å². The summed E-state index contributed by atoms with van der Waals surface area (Å²) in [6.07, 6.45) is 2.18. The number of pyridine rings is 1. The van der Waals surface area contributed by atoms with Gasteiger partial charge >= 0.3 is 0 Å². The van der Waals surface area contributed by atoms with E-state index in [-0.39, 0.29) is 11.4 Å². The molecule has 2 aromatic carbocycles. The Hall–Kier alpha value is -3.44. The number of hydrogen-bond donors (Lipinski definition) is 0. The van der Waals surface area contributed by atoms with Crippen LogP contribution in [0.15, 0.2) is 70.7 Å². The van der Waals surface area contributed by atoms with E-state index >= 15 is 0 Å². The van der Waals surface area contributed by atoms with Crippen LogP contribution in [0.5, 0.6) is 0 Å². The fourth-order valence-corrected chi connectivity index (χ4v) is 8.58. The van der Waals surface area contributed by atoms with Crippen LogP contribution in [0, 0.1) is 6.92 Å². The SMILES string of the molecule is Cc1nnc2n1-c1sc3c(c1C(c1ccccc1Cl)=NC2)CCN(S(=O)(=O)c1cccc2cccnc12)C3. The lowest BCUT2D eigenvalue weighted by molar-refractivity contribution is 0.396. The fourth-order valence-electron chi connectivity index (χ4n) is 5.27. The molecule has 0 amide bonds. The van der Waals surface area contributed by atoms with Gasteiger partial charge in [0, 0.05) is 45.7 Å². The lowest BCUT2D eigenvalue weighted by atomic mass is 9.96. The lowest BCUT2D eigenvalue weighted by Gasteiger charge is -2.27. The minimum Gasteiger partial charge on any atom is -0.276 e. The van der Waals surface area contributed by atoms with Crippen molar-refractivity contribution in [3.8, 4) is 5.00 Å². The third-order valence-corrected chi connectivity index (χ3v) is 10.5. The third kappa shape index (κ3) is 3.55. The molecule has 38 heavy (non-hydrogen) atoms. The van der Waals surface area contributed by atoms with Crippen molar-refractivity contribution in [2.45, 2.75) is 31.3 Å². The van der Waals surface area contributed by atoms with Gasteiger partial charge in [-0.25, -0.2) is 8.42 Å². The number of thiophene rings is 1. The minimum atomic E-state index is -3.78. The quantitative estimate of drug-likeness (QED) is 0.312. The van der Waals surface area contributed by atoms with Gasteiger partial charge in [-0.05, 0) is 37.1 Å². The molecule has 11 heteroatoms. The molecule has 5 aromatic rings. The highest BCUT2D eigenvalue weighted by atomic mass is 35.5.